The highest BCUT2D eigenvalue weighted by molar-refractivity contribution is 6.54. The van der Waals surface area contributed by atoms with Gasteiger partial charge in [-0.15, -0.1) is 0 Å². The summed E-state index contributed by atoms with van der Waals surface area (Å²) in [5, 5.41) is 10.6. The average molecular weight is 512 g/mol. The van der Waals surface area contributed by atoms with Crippen molar-refractivity contribution < 1.29 is 14.4 Å². The molecule has 206 valence electrons. The van der Waals surface area contributed by atoms with Crippen LogP contribution in [0.2, 0.25) is 0 Å². The molecule has 3 N–H and O–H groups in total. The number of fused-ring (bicyclic) bond motifs is 1. The molecule has 37 heavy (non-hydrogen) atoms. The molecule has 2 aliphatic carbocycles. The first kappa shape index (κ1) is 28.6. The van der Waals surface area contributed by atoms with Crippen molar-refractivity contribution >= 4 is 12.7 Å². The number of aromatic amines is 1. The highest BCUT2D eigenvalue weighted by Crippen LogP contribution is 2.44. The third-order valence-electron chi connectivity index (χ3n) is 9.47. The Morgan fingerprint density at radius 2 is 1.70 bits per heavy atom. The zero-order valence-corrected chi connectivity index (χ0v) is 24.5. The van der Waals surface area contributed by atoms with Gasteiger partial charge in [0.25, 0.3) is 0 Å². The van der Waals surface area contributed by atoms with Gasteiger partial charge in [0, 0.05) is 31.1 Å². The fourth-order valence-electron chi connectivity index (χ4n) is 6.47. The second-order valence-corrected chi connectivity index (χ2v) is 12.5. The summed E-state index contributed by atoms with van der Waals surface area (Å²) in [4.78, 5) is 6.74. The van der Waals surface area contributed by atoms with Gasteiger partial charge in [0.1, 0.15) is 0 Å². The van der Waals surface area contributed by atoms with Gasteiger partial charge in [0.2, 0.25) is 0 Å². The lowest BCUT2D eigenvalue weighted by molar-refractivity contribution is 0.00578. The molecule has 0 saturated carbocycles. The Hall–Kier alpha value is -1.38. The molecule has 2 aliphatic heterocycles. The molecule has 7 heteroatoms. The Balaban J connectivity index is 0.00000156. The van der Waals surface area contributed by atoms with Gasteiger partial charge in [0.05, 0.1) is 17.2 Å². The standard InChI is InChI=1S/C29H46BN3O2.CH4O/c1-19(2)24(31-7)18-33-17-9-12-25(33)27-23-11-8-10-22(23)26(32-27)20-13-15-21(16-14-20)30-34-28(3,4)29(5,6)35-30;1-2/h13,15,19,24-25,31-32H,8-12,14,16-18H2,1-7H3;2H,1H3. The summed E-state index contributed by atoms with van der Waals surface area (Å²) in [6.07, 6.45) is 12.9. The molecule has 4 aliphatic rings. The molecule has 6 nitrogen and oxygen atoms in total. The number of nitrogens with one attached hydrogen (secondary N) is 2. The van der Waals surface area contributed by atoms with Gasteiger partial charge < -0.3 is 24.7 Å². The molecule has 0 amide bonds. The summed E-state index contributed by atoms with van der Waals surface area (Å²) >= 11 is 0. The Bertz CT molecular complexity index is 994. The summed E-state index contributed by atoms with van der Waals surface area (Å²) in [5.74, 6) is 0.642. The van der Waals surface area contributed by atoms with Crippen LogP contribution in [-0.2, 0) is 22.2 Å². The SMILES string of the molecule is CNC(CN1CCCC1c1[nH]c(C2=CC=C(B3OC(C)(C)C(C)(C)O3)CC2)c2c1CCC2)C(C)C.CO. The average Bonchev–Trinajstić information content (AvgIpc) is 3.63. The third kappa shape index (κ3) is 5.53. The highest BCUT2D eigenvalue weighted by Gasteiger charge is 2.52. The normalized spacial score (nSPS) is 25.6. The number of nitrogens with zero attached hydrogens (tertiary/aromatic N) is 1. The summed E-state index contributed by atoms with van der Waals surface area (Å²) in [6.45, 7) is 15.5. The lowest BCUT2D eigenvalue weighted by atomic mass is 9.72. The first-order valence-electron chi connectivity index (χ1n) is 14.5. The number of likely N-dealkylation sites (N-methyl/N-ethyl adjacent to an activating group) is 1. The van der Waals surface area contributed by atoms with Crippen LogP contribution in [0.5, 0.6) is 0 Å². The van der Waals surface area contributed by atoms with E-state index in [1.807, 2.05) is 0 Å². The fourth-order valence-corrected chi connectivity index (χ4v) is 6.47. The molecule has 2 saturated heterocycles. The molecule has 0 radical (unpaired) electrons. The number of hydrogen-bond acceptors (Lipinski definition) is 5. The van der Waals surface area contributed by atoms with Crippen LogP contribution in [0, 0.1) is 5.92 Å². The van der Waals surface area contributed by atoms with Gasteiger partial charge in [-0.25, -0.2) is 0 Å². The van der Waals surface area contributed by atoms with Gasteiger partial charge in [-0.3, -0.25) is 4.90 Å². The van der Waals surface area contributed by atoms with Crippen molar-refractivity contribution in [1.82, 2.24) is 15.2 Å². The molecular weight excluding hydrogens is 461 g/mol. The van der Waals surface area contributed by atoms with Crippen molar-refractivity contribution in [2.75, 3.05) is 27.2 Å². The van der Waals surface area contributed by atoms with Gasteiger partial charge in [-0.2, -0.15) is 0 Å². The second-order valence-electron chi connectivity index (χ2n) is 12.5. The minimum atomic E-state index is -0.285. The number of aliphatic hydroxyl groups excluding tert-OH is 1. The summed E-state index contributed by atoms with van der Waals surface area (Å²) in [7, 11) is 2.89. The number of aromatic nitrogens is 1. The zero-order valence-electron chi connectivity index (χ0n) is 24.5. The van der Waals surface area contributed by atoms with E-state index in [0.717, 1.165) is 26.5 Å². The Morgan fingerprint density at radius 3 is 2.30 bits per heavy atom. The molecule has 1 aromatic heterocycles. The molecular formula is C30H50BN3O3. The van der Waals surface area contributed by atoms with E-state index in [2.05, 4.69) is 75.9 Å². The van der Waals surface area contributed by atoms with Crippen LogP contribution in [0.1, 0.15) is 102 Å². The summed E-state index contributed by atoms with van der Waals surface area (Å²) in [5.41, 5.74) is 8.31. The number of rotatable bonds is 7. The number of likely N-dealkylation sites (tertiary alicyclic amines) is 1. The van der Waals surface area contributed by atoms with E-state index in [1.54, 1.807) is 11.1 Å². The van der Waals surface area contributed by atoms with Gasteiger partial charge in [0.15, 0.2) is 0 Å². The number of hydrogen-bond donors (Lipinski definition) is 3. The predicted octanol–water partition coefficient (Wildman–Crippen LogP) is 5.23. The number of H-pyrrole nitrogens is 1. The zero-order chi connectivity index (χ0) is 27.0. The van der Waals surface area contributed by atoms with Crippen LogP contribution >= 0.6 is 0 Å². The van der Waals surface area contributed by atoms with E-state index in [-0.39, 0.29) is 18.3 Å². The maximum absolute atomic E-state index is 7.00. The van der Waals surface area contributed by atoms with Crippen molar-refractivity contribution in [1.29, 1.82) is 0 Å². The summed E-state index contributed by atoms with van der Waals surface area (Å²) in [6, 6.07) is 1.07. The van der Waals surface area contributed by atoms with Gasteiger partial charge in [-0.05, 0) is 114 Å². The van der Waals surface area contributed by atoms with E-state index in [4.69, 9.17) is 14.4 Å². The maximum atomic E-state index is 7.00. The van der Waals surface area contributed by atoms with Crippen LogP contribution < -0.4 is 5.32 Å². The van der Waals surface area contributed by atoms with E-state index in [9.17, 15) is 0 Å². The predicted molar refractivity (Wildman–Crippen MR) is 154 cm³/mol. The maximum Gasteiger partial charge on any atom is 0.490 e. The van der Waals surface area contributed by atoms with Crippen LogP contribution in [-0.4, -0.2) is 66.6 Å². The molecule has 5 rings (SSSR count). The van der Waals surface area contributed by atoms with E-state index < -0.39 is 0 Å². The molecule has 2 fully saturated rings. The largest absolute Gasteiger partial charge is 0.490 e. The Morgan fingerprint density at radius 1 is 1.03 bits per heavy atom. The van der Waals surface area contributed by atoms with E-state index in [1.165, 1.54) is 61.1 Å². The summed E-state index contributed by atoms with van der Waals surface area (Å²) < 4.78 is 12.6. The lowest BCUT2D eigenvalue weighted by Gasteiger charge is -2.32. The van der Waals surface area contributed by atoms with Crippen molar-refractivity contribution in [2.24, 2.45) is 5.92 Å². The van der Waals surface area contributed by atoms with Crippen molar-refractivity contribution in [3.63, 3.8) is 0 Å². The van der Waals surface area contributed by atoms with Crippen LogP contribution in [0.15, 0.2) is 17.6 Å². The Kier molecular flexibility index (Phi) is 8.81. The lowest BCUT2D eigenvalue weighted by Crippen LogP contribution is -2.42. The third-order valence-corrected chi connectivity index (χ3v) is 9.47. The van der Waals surface area contributed by atoms with Crippen molar-refractivity contribution in [2.45, 2.75) is 110 Å². The molecule has 1 aromatic rings. The topological polar surface area (TPSA) is 69.8 Å². The Labute approximate surface area is 225 Å². The van der Waals surface area contributed by atoms with Crippen LogP contribution in [0.25, 0.3) is 5.57 Å². The highest BCUT2D eigenvalue weighted by atomic mass is 16.7. The molecule has 0 bridgehead atoms. The molecule has 2 unspecified atom stereocenters. The second kappa shape index (κ2) is 11.4. The van der Waals surface area contributed by atoms with Crippen LogP contribution in [0.3, 0.4) is 0 Å². The molecule has 0 spiro atoms. The van der Waals surface area contributed by atoms with Crippen molar-refractivity contribution in [3.8, 4) is 0 Å². The first-order valence-corrected chi connectivity index (χ1v) is 14.5. The number of allylic oxidation sites excluding steroid dienone is 4. The van der Waals surface area contributed by atoms with Gasteiger partial charge in [-0.1, -0.05) is 26.0 Å². The van der Waals surface area contributed by atoms with E-state index >= 15 is 0 Å². The quantitative estimate of drug-likeness (QED) is 0.438. The minimum absolute atomic E-state index is 0.226. The monoisotopic (exact) mass is 511 g/mol. The molecule has 2 atom stereocenters. The molecule has 3 heterocycles. The van der Waals surface area contributed by atoms with Crippen LogP contribution in [0.4, 0.5) is 0 Å². The van der Waals surface area contributed by atoms with Crippen molar-refractivity contribution in [3.05, 3.63) is 40.1 Å². The molecule has 0 aromatic carbocycles. The number of aliphatic hydroxyl groups is 1. The fraction of sp³-hybridized carbons (Fsp3) is 0.733. The van der Waals surface area contributed by atoms with E-state index in [0.29, 0.717) is 18.0 Å². The minimum Gasteiger partial charge on any atom is -0.400 e. The smallest absolute Gasteiger partial charge is 0.400 e. The van der Waals surface area contributed by atoms with Gasteiger partial charge >= 0.3 is 7.12 Å². The first-order chi connectivity index (χ1) is 17.6.